The molecule has 0 fully saturated rings. The molecule has 0 heterocycles. The molecule has 0 aromatic heterocycles. The van der Waals surface area contributed by atoms with Crippen molar-refractivity contribution in [2.45, 2.75) is 65.1 Å². The van der Waals surface area contributed by atoms with Crippen LogP contribution in [0.1, 0.15) is 48.5 Å². The van der Waals surface area contributed by atoms with E-state index in [1.165, 1.54) is 0 Å². The van der Waals surface area contributed by atoms with Gasteiger partial charge in [-0.25, -0.2) is 0 Å². The minimum atomic E-state index is -0.509. The molecule has 0 aromatic carbocycles. The Labute approximate surface area is 91.5 Å². The Morgan fingerprint density at radius 1 is 1.07 bits per heavy atom. The lowest BCUT2D eigenvalue weighted by atomic mass is 9.90. The molecule has 0 radical (unpaired) electrons. The van der Waals surface area contributed by atoms with Crippen LogP contribution in [0.15, 0.2) is 0 Å². The zero-order valence-corrected chi connectivity index (χ0v) is 12.3. The lowest BCUT2D eigenvalue weighted by molar-refractivity contribution is 0.0623. The number of hydrogen-bond donors (Lipinski definition) is 1. The summed E-state index contributed by atoms with van der Waals surface area (Å²) in [7, 11) is -0.509. The van der Waals surface area contributed by atoms with Gasteiger partial charge < -0.3 is 10.2 Å². The highest BCUT2D eigenvalue weighted by molar-refractivity contribution is 6.31. The molecule has 3 heteroatoms. The molecule has 0 aromatic rings. The molecule has 0 aliphatic carbocycles. The lowest BCUT2D eigenvalue weighted by Gasteiger charge is -2.37. The van der Waals surface area contributed by atoms with Crippen molar-refractivity contribution >= 4 is 9.76 Å². The molecule has 14 heavy (non-hydrogen) atoms. The highest BCUT2D eigenvalue weighted by Gasteiger charge is 2.30. The van der Waals surface area contributed by atoms with E-state index in [2.05, 4.69) is 48.5 Å². The van der Waals surface area contributed by atoms with Crippen LogP contribution in [0, 0.1) is 5.92 Å². The van der Waals surface area contributed by atoms with Gasteiger partial charge in [0.25, 0.3) is 0 Å². The second-order valence-electron chi connectivity index (χ2n) is 6.22. The monoisotopic (exact) mass is 217 g/mol. The Hall–Kier alpha value is 0.137. The normalized spacial score (nSPS) is 16.9. The summed E-state index contributed by atoms with van der Waals surface area (Å²) in [6.45, 7) is 15.2. The smallest absolute Gasteiger partial charge is 0.167 e. The maximum atomic E-state index is 6.12. The Morgan fingerprint density at radius 2 is 1.50 bits per heavy atom. The van der Waals surface area contributed by atoms with E-state index >= 15 is 0 Å². The fourth-order valence-corrected chi connectivity index (χ4v) is 2.30. The first-order valence-corrected chi connectivity index (χ1v) is 6.74. The van der Waals surface area contributed by atoms with Crippen LogP contribution in [-0.4, -0.2) is 21.4 Å². The predicted octanol–water partition coefficient (Wildman–Crippen LogP) is 2.07. The third-order valence-corrected chi connectivity index (χ3v) is 4.15. The Morgan fingerprint density at radius 3 is 1.79 bits per heavy atom. The van der Waals surface area contributed by atoms with E-state index in [9.17, 15) is 0 Å². The van der Waals surface area contributed by atoms with Crippen molar-refractivity contribution in [3.63, 3.8) is 0 Å². The molecule has 2 nitrogen and oxygen atoms in total. The quantitative estimate of drug-likeness (QED) is 0.732. The largest absolute Gasteiger partial charge is 0.417 e. The molecule has 0 amide bonds. The van der Waals surface area contributed by atoms with Gasteiger partial charge in [0.05, 0.1) is 5.60 Å². The van der Waals surface area contributed by atoms with Crippen molar-refractivity contribution in [1.82, 2.24) is 0 Å². The standard InChI is InChI=1S/C11H27NOSi/c1-8(2)9(12)11(6,7)13-14-10(3,4)5/h8-9H,12,14H2,1-7H3/t9-/m1/s1. The first-order chi connectivity index (χ1) is 6.06. The summed E-state index contributed by atoms with van der Waals surface area (Å²) in [6, 6.07) is 0.123. The third kappa shape index (κ3) is 5.13. The molecule has 2 N–H and O–H groups in total. The highest BCUT2D eigenvalue weighted by Crippen LogP contribution is 2.26. The van der Waals surface area contributed by atoms with Crippen LogP contribution in [0.2, 0.25) is 5.04 Å². The van der Waals surface area contributed by atoms with Gasteiger partial charge in [-0.2, -0.15) is 0 Å². The molecular formula is C11H27NOSi. The van der Waals surface area contributed by atoms with Gasteiger partial charge in [0.1, 0.15) is 0 Å². The maximum Gasteiger partial charge on any atom is 0.167 e. The van der Waals surface area contributed by atoms with Crippen LogP contribution in [0.5, 0.6) is 0 Å². The van der Waals surface area contributed by atoms with E-state index in [-0.39, 0.29) is 11.6 Å². The summed E-state index contributed by atoms with van der Waals surface area (Å²) in [5, 5.41) is 0.341. The van der Waals surface area contributed by atoms with E-state index in [1.807, 2.05) is 0 Å². The molecule has 0 rings (SSSR count). The van der Waals surface area contributed by atoms with E-state index < -0.39 is 9.76 Å². The van der Waals surface area contributed by atoms with E-state index in [0.717, 1.165) is 0 Å². The Bertz CT molecular complexity index is 173. The van der Waals surface area contributed by atoms with Crippen molar-refractivity contribution in [1.29, 1.82) is 0 Å². The summed E-state index contributed by atoms with van der Waals surface area (Å²) < 4.78 is 6.03. The van der Waals surface area contributed by atoms with Gasteiger partial charge in [-0.05, 0) is 24.8 Å². The number of nitrogens with two attached hydrogens (primary N) is 1. The average Bonchev–Trinajstić information content (AvgIpc) is 1.98. The molecule has 86 valence electrons. The van der Waals surface area contributed by atoms with Crippen LogP contribution in [0.25, 0.3) is 0 Å². The molecule has 0 aliphatic rings. The fourth-order valence-electron chi connectivity index (χ4n) is 1.30. The van der Waals surface area contributed by atoms with Crippen molar-refractivity contribution in [3.8, 4) is 0 Å². The minimum absolute atomic E-state index is 0.123. The van der Waals surface area contributed by atoms with Gasteiger partial charge in [0.2, 0.25) is 0 Å². The van der Waals surface area contributed by atoms with Crippen LogP contribution >= 0.6 is 0 Å². The molecular weight excluding hydrogens is 190 g/mol. The van der Waals surface area contributed by atoms with Gasteiger partial charge in [-0.3, -0.25) is 0 Å². The molecule has 0 saturated carbocycles. The van der Waals surface area contributed by atoms with Gasteiger partial charge >= 0.3 is 0 Å². The van der Waals surface area contributed by atoms with Crippen LogP contribution in [0.4, 0.5) is 0 Å². The van der Waals surface area contributed by atoms with E-state index in [4.69, 9.17) is 10.2 Å². The zero-order valence-electron chi connectivity index (χ0n) is 10.8. The maximum absolute atomic E-state index is 6.12. The van der Waals surface area contributed by atoms with Crippen molar-refractivity contribution in [2.24, 2.45) is 11.7 Å². The van der Waals surface area contributed by atoms with Crippen LogP contribution in [-0.2, 0) is 4.43 Å². The van der Waals surface area contributed by atoms with E-state index in [0.29, 0.717) is 11.0 Å². The third-order valence-electron chi connectivity index (χ3n) is 2.40. The van der Waals surface area contributed by atoms with Gasteiger partial charge in [-0.15, -0.1) is 0 Å². The Kier molecular flexibility index (Phi) is 4.82. The first kappa shape index (κ1) is 14.1. The van der Waals surface area contributed by atoms with Crippen molar-refractivity contribution in [3.05, 3.63) is 0 Å². The molecule has 0 unspecified atom stereocenters. The molecule has 0 spiro atoms. The second-order valence-corrected chi connectivity index (χ2v) is 8.92. The SMILES string of the molecule is CC(C)[C@@H](N)C(C)(C)O[SiH2]C(C)(C)C. The summed E-state index contributed by atoms with van der Waals surface area (Å²) in [6.07, 6.45) is 0. The van der Waals surface area contributed by atoms with Crippen LogP contribution in [0.3, 0.4) is 0 Å². The zero-order chi connectivity index (χ0) is 11.6. The minimum Gasteiger partial charge on any atom is -0.417 e. The first-order valence-electron chi connectivity index (χ1n) is 5.46. The van der Waals surface area contributed by atoms with Crippen molar-refractivity contribution in [2.75, 3.05) is 0 Å². The summed E-state index contributed by atoms with van der Waals surface area (Å²) >= 11 is 0. The van der Waals surface area contributed by atoms with Gasteiger partial charge in [0, 0.05) is 6.04 Å². The second kappa shape index (κ2) is 4.77. The topological polar surface area (TPSA) is 35.2 Å². The van der Waals surface area contributed by atoms with E-state index in [1.54, 1.807) is 0 Å². The summed E-state index contributed by atoms with van der Waals surface area (Å²) in [5.41, 5.74) is 5.95. The lowest BCUT2D eigenvalue weighted by Crippen LogP contribution is -2.49. The highest BCUT2D eigenvalue weighted by atomic mass is 28.2. The molecule has 0 aliphatic heterocycles. The average molecular weight is 217 g/mol. The van der Waals surface area contributed by atoms with Crippen LogP contribution < -0.4 is 5.73 Å². The molecule has 0 bridgehead atoms. The number of rotatable bonds is 4. The van der Waals surface area contributed by atoms with Crippen molar-refractivity contribution < 1.29 is 4.43 Å². The molecule has 1 atom stereocenters. The van der Waals surface area contributed by atoms with Gasteiger partial charge in [0.15, 0.2) is 9.76 Å². The summed E-state index contributed by atoms with van der Waals surface area (Å²) in [5.74, 6) is 0.471. The summed E-state index contributed by atoms with van der Waals surface area (Å²) in [4.78, 5) is 0. The Balaban J connectivity index is 4.20. The number of hydrogen-bond acceptors (Lipinski definition) is 2. The van der Waals surface area contributed by atoms with Gasteiger partial charge in [-0.1, -0.05) is 34.6 Å². The molecule has 0 saturated heterocycles. The fraction of sp³-hybridized carbons (Fsp3) is 1.00. The predicted molar refractivity (Wildman–Crippen MR) is 66.2 cm³/mol.